The zero-order valence-corrected chi connectivity index (χ0v) is 11.6. The summed E-state index contributed by atoms with van der Waals surface area (Å²) in [7, 11) is 0. The van der Waals surface area contributed by atoms with E-state index in [2.05, 4.69) is 5.32 Å². The summed E-state index contributed by atoms with van der Waals surface area (Å²) in [5, 5.41) is 12.1. The van der Waals surface area contributed by atoms with Crippen LogP contribution < -0.4 is 5.32 Å². The third-order valence-electron chi connectivity index (χ3n) is 3.20. The fourth-order valence-electron chi connectivity index (χ4n) is 2.22. The molecule has 1 aliphatic heterocycles. The largest absolute Gasteiger partial charge is 0.481 e. The van der Waals surface area contributed by atoms with Gasteiger partial charge >= 0.3 is 5.97 Å². The lowest BCUT2D eigenvalue weighted by atomic mass is 10.0. The first-order valence-corrected chi connectivity index (χ1v) is 6.84. The number of carbonyl (C=O) groups is 2. The SMILES string of the molecule is O=C(O)C[C@@H](NC(=O)[C@@H]1CCCO1)c1ccccc1Cl. The zero-order valence-electron chi connectivity index (χ0n) is 10.8. The minimum Gasteiger partial charge on any atom is -0.481 e. The summed E-state index contributed by atoms with van der Waals surface area (Å²) in [5.74, 6) is -1.28. The molecular formula is C14H16ClNO4. The van der Waals surface area contributed by atoms with Gasteiger partial charge in [-0.15, -0.1) is 0 Å². The molecule has 108 valence electrons. The summed E-state index contributed by atoms with van der Waals surface area (Å²) in [6.07, 6.45) is 0.790. The molecule has 1 amide bonds. The van der Waals surface area contributed by atoms with Crippen LogP contribution in [0.2, 0.25) is 5.02 Å². The smallest absolute Gasteiger partial charge is 0.305 e. The minimum atomic E-state index is -0.998. The molecule has 0 radical (unpaired) electrons. The number of hydrogen-bond donors (Lipinski definition) is 2. The molecule has 0 aromatic heterocycles. The number of benzene rings is 1. The molecule has 0 bridgehead atoms. The van der Waals surface area contributed by atoms with Gasteiger partial charge in [-0.25, -0.2) is 0 Å². The Hall–Kier alpha value is -1.59. The molecule has 0 spiro atoms. The summed E-state index contributed by atoms with van der Waals surface area (Å²) >= 11 is 6.07. The van der Waals surface area contributed by atoms with Crippen molar-refractivity contribution < 1.29 is 19.4 Å². The van der Waals surface area contributed by atoms with Crippen LogP contribution in [0.5, 0.6) is 0 Å². The van der Waals surface area contributed by atoms with Gasteiger partial charge < -0.3 is 15.2 Å². The summed E-state index contributed by atoms with van der Waals surface area (Å²) in [6.45, 7) is 0.563. The second-order valence-electron chi connectivity index (χ2n) is 4.68. The van der Waals surface area contributed by atoms with Gasteiger partial charge in [-0.3, -0.25) is 9.59 Å². The van der Waals surface area contributed by atoms with Crippen molar-refractivity contribution in [1.29, 1.82) is 0 Å². The van der Waals surface area contributed by atoms with Crippen LogP contribution in [0.15, 0.2) is 24.3 Å². The molecule has 5 nitrogen and oxygen atoms in total. The third kappa shape index (κ3) is 3.71. The normalized spacial score (nSPS) is 19.6. The Morgan fingerprint density at radius 2 is 2.20 bits per heavy atom. The van der Waals surface area contributed by atoms with Gasteiger partial charge in [0.25, 0.3) is 0 Å². The van der Waals surface area contributed by atoms with E-state index in [1.807, 2.05) is 0 Å². The van der Waals surface area contributed by atoms with E-state index in [-0.39, 0.29) is 12.3 Å². The number of aliphatic carboxylic acids is 1. The third-order valence-corrected chi connectivity index (χ3v) is 3.54. The second-order valence-corrected chi connectivity index (χ2v) is 5.09. The number of hydrogen-bond acceptors (Lipinski definition) is 3. The molecule has 1 aromatic carbocycles. The summed E-state index contributed by atoms with van der Waals surface area (Å²) in [5.41, 5.74) is 0.600. The Bertz CT molecular complexity index is 500. The second kappa shape index (κ2) is 6.72. The number of carbonyl (C=O) groups excluding carboxylic acids is 1. The monoisotopic (exact) mass is 297 g/mol. The van der Waals surface area contributed by atoms with E-state index in [1.165, 1.54) is 0 Å². The predicted octanol–water partition coefficient (Wildman–Crippen LogP) is 2.15. The standard InChI is InChI=1S/C14H16ClNO4/c15-10-5-2-1-4-9(10)11(8-13(17)18)16-14(19)12-6-3-7-20-12/h1-2,4-5,11-12H,3,6-8H2,(H,16,19)(H,17,18)/t11-,12+/m1/s1. The van der Waals surface area contributed by atoms with Crippen molar-refractivity contribution in [2.45, 2.75) is 31.4 Å². The Balaban J connectivity index is 2.13. The Kier molecular flexibility index (Phi) is 4.98. The van der Waals surface area contributed by atoms with Crippen LogP contribution in [0.3, 0.4) is 0 Å². The van der Waals surface area contributed by atoms with E-state index in [9.17, 15) is 9.59 Å². The molecule has 2 rings (SSSR count). The van der Waals surface area contributed by atoms with Crippen LogP contribution in [-0.4, -0.2) is 29.7 Å². The minimum absolute atomic E-state index is 0.220. The number of halogens is 1. The zero-order chi connectivity index (χ0) is 14.5. The fraction of sp³-hybridized carbons (Fsp3) is 0.429. The number of nitrogens with one attached hydrogen (secondary N) is 1. The topological polar surface area (TPSA) is 75.6 Å². The highest BCUT2D eigenvalue weighted by molar-refractivity contribution is 6.31. The van der Waals surface area contributed by atoms with Crippen molar-refractivity contribution in [3.8, 4) is 0 Å². The van der Waals surface area contributed by atoms with Crippen LogP contribution in [0.4, 0.5) is 0 Å². The lowest BCUT2D eigenvalue weighted by Gasteiger charge is -2.20. The van der Waals surface area contributed by atoms with Crippen LogP contribution in [0.25, 0.3) is 0 Å². The number of amides is 1. The van der Waals surface area contributed by atoms with Crippen LogP contribution >= 0.6 is 11.6 Å². The highest BCUT2D eigenvalue weighted by Crippen LogP contribution is 2.25. The van der Waals surface area contributed by atoms with E-state index < -0.39 is 18.1 Å². The first-order chi connectivity index (χ1) is 9.58. The number of rotatable bonds is 5. The fourth-order valence-corrected chi connectivity index (χ4v) is 2.49. The molecule has 2 atom stereocenters. The molecule has 20 heavy (non-hydrogen) atoms. The van der Waals surface area contributed by atoms with Gasteiger partial charge in [0.1, 0.15) is 6.10 Å². The maximum atomic E-state index is 12.0. The van der Waals surface area contributed by atoms with Crippen molar-refractivity contribution in [3.05, 3.63) is 34.9 Å². The van der Waals surface area contributed by atoms with Crippen molar-refractivity contribution in [2.75, 3.05) is 6.61 Å². The van der Waals surface area contributed by atoms with Gasteiger partial charge in [0.05, 0.1) is 12.5 Å². The van der Waals surface area contributed by atoms with Gasteiger partial charge in [0.2, 0.25) is 5.91 Å². The molecule has 1 fully saturated rings. The quantitative estimate of drug-likeness (QED) is 0.873. The summed E-state index contributed by atoms with van der Waals surface area (Å²) in [6, 6.07) is 6.24. The number of ether oxygens (including phenoxy) is 1. The Labute approximate surface area is 121 Å². The van der Waals surface area contributed by atoms with Crippen molar-refractivity contribution in [1.82, 2.24) is 5.32 Å². The Morgan fingerprint density at radius 3 is 2.80 bits per heavy atom. The van der Waals surface area contributed by atoms with Gasteiger partial charge in [0.15, 0.2) is 0 Å². The van der Waals surface area contributed by atoms with Crippen LogP contribution in [0, 0.1) is 0 Å². The highest BCUT2D eigenvalue weighted by Gasteiger charge is 2.27. The molecule has 1 aliphatic rings. The predicted molar refractivity (Wildman–Crippen MR) is 73.6 cm³/mol. The van der Waals surface area contributed by atoms with Gasteiger partial charge in [-0.2, -0.15) is 0 Å². The lowest BCUT2D eigenvalue weighted by Crippen LogP contribution is -2.37. The average molecular weight is 298 g/mol. The Morgan fingerprint density at radius 1 is 1.45 bits per heavy atom. The van der Waals surface area contributed by atoms with Gasteiger partial charge in [-0.05, 0) is 24.5 Å². The maximum Gasteiger partial charge on any atom is 0.305 e. The maximum absolute atomic E-state index is 12.0. The van der Waals surface area contributed by atoms with Crippen molar-refractivity contribution >= 4 is 23.5 Å². The van der Waals surface area contributed by atoms with E-state index in [1.54, 1.807) is 24.3 Å². The first-order valence-electron chi connectivity index (χ1n) is 6.46. The number of carboxylic acids is 1. The molecule has 0 saturated carbocycles. The van der Waals surface area contributed by atoms with E-state index in [4.69, 9.17) is 21.4 Å². The lowest BCUT2D eigenvalue weighted by molar-refractivity contribution is -0.138. The molecule has 6 heteroatoms. The molecule has 2 N–H and O–H groups in total. The molecular weight excluding hydrogens is 282 g/mol. The highest BCUT2D eigenvalue weighted by atomic mass is 35.5. The first kappa shape index (κ1) is 14.8. The molecule has 0 unspecified atom stereocenters. The van der Waals surface area contributed by atoms with E-state index in [0.29, 0.717) is 23.6 Å². The molecule has 1 saturated heterocycles. The molecule has 1 aromatic rings. The van der Waals surface area contributed by atoms with Crippen molar-refractivity contribution in [2.24, 2.45) is 0 Å². The van der Waals surface area contributed by atoms with Crippen LogP contribution in [0.1, 0.15) is 30.9 Å². The number of carboxylic acid groups (broad SMARTS) is 1. The van der Waals surface area contributed by atoms with E-state index in [0.717, 1.165) is 6.42 Å². The van der Waals surface area contributed by atoms with Gasteiger partial charge in [0, 0.05) is 11.6 Å². The average Bonchev–Trinajstić information content (AvgIpc) is 2.92. The summed E-state index contributed by atoms with van der Waals surface area (Å²) in [4.78, 5) is 23.0. The molecule has 1 heterocycles. The van der Waals surface area contributed by atoms with E-state index >= 15 is 0 Å². The summed E-state index contributed by atoms with van der Waals surface area (Å²) < 4.78 is 5.29. The molecule has 0 aliphatic carbocycles. The van der Waals surface area contributed by atoms with Gasteiger partial charge in [-0.1, -0.05) is 29.8 Å². The van der Waals surface area contributed by atoms with Crippen molar-refractivity contribution in [3.63, 3.8) is 0 Å². The van der Waals surface area contributed by atoms with Crippen LogP contribution in [-0.2, 0) is 14.3 Å².